The maximum atomic E-state index is 12.7. The van der Waals surface area contributed by atoms with E-state index in [0.717, 1.165) is 0 Å². The van der Waals surface area contributed by atoms with E-state index in [4.69, 9.17) is 16.9 Å². The largest absolute Gasteiger partial charge is 0.487 e. The second-order valence-corrected chi connectivity index (χ2v) is 8.17. The molecule has 11 heteroatoms. The number of amides is 1. The number of halogens is 3. The van der Waals surface area contributed by atoms with Crippen LogP contribution >= 0.6 is 11.6 Å². The Morgan fingerprint density at radius 3 is 2.72 bits per heavy atom. The quantitative estimate of drug-likeness (QED) is 0.540. The van der Waals surface area contributed by atoms with Crippen molar-refractivity contribution in [1.29, 1.82) is 5.26 Å². The minimum atomic E-state index is -3.82. The first-order valence-electron chi connectivity index (χ1n) is 9.98. The van der Waals surface area contributed by atoms with Crippen molar-refractivity contribution < 1.29 is 23.4 Å². The molecule has 1 aromatic carbocycles. The zero-order valence-corrected chi connectivity index (χ0v) is 17.5. The van der Waals surface area contributed by atoms with Gasteiger partial charge in [0.15, 0.2) is 5.82 Å². The van der Waals surface area contributed by atoms with Crippen molar-refractivity contribution in [3.05, 3.63) is 42.1 Å². The third-order valence-electron chi connectivity index (χ3n) is 5.23. The number of aromatic nitrogens is 1. The second kappa shape index (κ2) is 8.76. The number of aliphatic hydroxyl groups excluding tert-OH is 1. The SMILES string of the molecule is N#CC1CC1Nc1cc(C(=O)Nc2ccc(OC(F)(F)Cl)cc2)cnc1N1CCC(O)C1. The van der Waals surface area contributed by atoms with Gasteiger partial charge in [0.2, 0.25) is 0 Å². The highest BCUT2D eigenvalue weighted by Gasteiger charge is 2.38. The van der Waals surface area contributed by atoms with E-state index in [1.807, 2.05) is 4.90 Å². The van der Waals surface area contributed by atoms with Gasteiger partial charge in [-0.25, -0.2) is 4.98 Å². The Labute approximate surface area is 187 Å². The zero-order chi connectivity index (χ0) is 22.9. The van der Waals surface area contributed by atoms with Crippen LogP contribution in [-0.4, -0.2) is 46.8 Å². The summed E-state index contributed by atoms with van der Waals surface area (Å²) in [5.41, 5.74) is -2.56. The van der Waals surface area contributed by atoms with E-state index in [2.05, 4.69) is 26.4 Å². The smallest absolute Gasteiger partial charge is 0.420 e. The molecule has 0 spiro atoms. The number of carbonyl (C=O) groups excluding carboxylic acids is 1. The van der Waals surface area contributed by atoms with Crippen LogP contribution in [0.2, 0.25) is 0 Å². The standard InChI is InChI=1S/C21H20ClF2N5O3/c22-21(23,24)32-16-3-1-14(2-4-16)27-20(31)13-8-18(28-17-7-12(17)9-25)19(26-10-13)29-6-5-15(30)11-29/h1-4,8,10,12,15,17,28,30H,5-7,11H2,(H,27,31). The molecule has 1 aromatic heterocycles. The van der Waals surface area contributed by atoms with Crippen molar-refractivity contribution in [1.82, 2.24) is 4.98 Å². The van der Waals surface area contributed by atoms with E-state index >= 15 is 0 Å². The van der Waals surface area contributed by atoms with Crippen molar-refractivity contribution in [2.75, 3.05) is 28.6 Å². The number of rotatable bonds is 7. The average molecular weight is 464 g/mol. The lowest BCUT2D eigenvalue weighted by atomic mass is 10.2. The van der Waals surface area contributed by atoms with Gasteiger partial charge in [-0.3, -0.25) is 4.79 Å². The predicted molar refractivity (Wildman–Crippen MR) is 114 cm³/mol. The minimum Gasteiger partial charge on any atom is -0.420 e. The number of nitriles is 1. The number of aliphatic hydroxyl groups is 1. The number of nitrogens with one attached hydrogen (secondary N) is 2. The van der Waals surface area contributed by atoms with Gasteiger partial charge in [-0.05, 0) is 43.2 Å². The molecule has 1 aliphatic heterocycles. The van der Waals surface area contributed by atoms with Crippen LogP contribution in [0.25, 0.3) is 0 Å². The zero-order valence-electron chi connectivity index (χ0n) is 16.8. The van der Waals surface area contributed by atoms with E-state index in [9.17, 15) is 18.7 Å². The van der Waals surface area contributed by atoms with Crippen molar-refractivity contribution in [3.8, 4) is 11.8 Å². The van der Waals surface area contributed by atoms with Gasteiger partial charge in [0.1, 0.15) is 5.75 Å². The molecular formula is C21H20ClF2N5O3. The van der Waals surface area contributed by atoms with Crippen LogP contribution < -0.4 is 20.3 Å². The topological polar surface area (TPSA) is 111 Å². The monoisotopic (exact) mass is 463 g/mol. The molecule has 3 N–H and O–H groups in total. The molecule has 1 amide bonds. The number of pyridine rings is 1. The fourth-order valence-corrected chi connectivity index (χ4v) is 3.60. The molecule has 3 unspecified atom stereocenters. The highest BCUT2D eigenvalue weighted by Crippen LogP contribution is 2.36. The number of benzene rings is 1. The molecule has 8 nitrogen and oxygen atoms in total. The number of carbonyl (C=O) groups is 1. The molecule has 2 aliphatic rings. The molecule has 1 saturated heterocycles. The van der Waals surface area contributed by atoms with E-state index in [-0.39, 0.29) is 23.3 Å². The number of anilines is 3. The van der Waals surface area contributed by atoms with Gasteiger partial charge >= 0.3 is 5.57 Å². The van der Waals surface area contributed by atoms with Gasteiger partial charge < -0.3 is 25.4 Å². The lowest BCUT2D eigenvalue weighted by Gasteiger charge is -2.21. The Balaban J connectivity index is 1.50. The summed E-state index contributed by atoms with van der Waals surface area (Å²) in [4.78, 5) is 19.1. The number of β-amino-alcohol motifs (C(OH)–C–C–N with tert-alkyl or cyclic N) is 1. The second-order valence-electron chi connectivity index (χ2n) is 7.73. The average Bonchev–Trinajstić information content (AvgIpc) is 3.35. The number of nitrogens with zero attached hydrogens (tertiary/aromatic N) is 3. The summed E-state index contributed by atoms with van der Waals surface area (Å²) in [6, 6.07) is 9.18. The van der Waals surface area contributed by atoms with Gasteiger partial charge in [-0.1, -0.05) is 0 Å². The first kappa shape index (κ1) is 22.0. The lowest BCUT2D eigenvalue weighted by molar-refractivity contribution is -0.0964. The van der Waals surface area contributed by atoms with E-state index in [1.165, 1.54) is 30.5 Å². The normalized spacial score (nSPS) is 22.2. The van der Waals surface area contributed by atoms with Gasteiger partial charge in [0.05, 0.1) is 29.3 Å². The number of ether oxygens (including phenoxy) is 1. The van der Waals surface area contributed by atoms with Crippen LogP contribution in [0.15, 0.2) is 36.5 Å². The van der Waals surface area contributed by atoms with Crippen LogP contribution in [-0.2, 0) is 0 Å². The van der Waals surface area contributed by atoms with Gasteiger partial charge in [-0.15, -0.1) is 8.78 Å². The van der Waals surface area contributed by atoms with Crippen LogP contribution in [0.1, 0.15) is 23.2 Å². The van der Waals surface area contributed by atoms with Crippen LogP contribution in [0.5, 0.6) is 5.75 Å². The predicted octanol–water partition coefficient (Wildman–Crippen LogP) is 3.40. The van der Waals surface area contributed by atoms with Crippen LogP contribution in [0.4, 0.5) is 26.0 Å². The summed E-state index contributed by atoms with van der Waals surface area (Å²) in [6.07, 6.45) is 2.33. The van der Waals surface area contributed by atoms with Gasteiger partial charge in [0, 0.05) is 42.6 Å². The number of hydrogen-bond acceptors (Lipinski definition) is 7. The molecule has 0 bridgehead atoms. The third kappa shape index (κ3) is 5.36. The summed E-state index contributed by atoms with van der Waals surface area (Å²) >= 11 is 4.74. The van der Waals surface area contributed by atoms with E-state index in [1.54, 1.807) is 6.07 Å². The first-order chi connectivity index (χ1) is 15.2. The Hall–Kier alpha value is -3.16. The maximum Gasteiger partial charge on any atom is 0.487 e. The summed E-state index contributed by atoms with van der Waals surface area (Å²) in [7, 11) is 0. The molecule has 1 saturated carbocycles. The molecule has 168 valence electrons. The van der Waals surface area contributed by atoms with Crippen molar-refractivity contribution in [2.45, 2.75) is 30.6 Å². The fourth-order valence-electron chi connectivity index (χ4n) is 3.51. The summed E-state index contributed by atoms with van der Waals surface area (Å²) in [5.74, 6) is -0.0712. The molecule has 1 aliphatic carbocycles. The summed E-state index contributed by atoms with van der Waals surface area (Å²) in [5, 5.41) is 24.9. The molecular weight excluding hydrogens is 444 g/mol. The molecule has 32 heavy (non-hydrogen) atoms. The van der Waals surface area contributed by atoms with E-state index in [0.29, 0.717) is 43.1 Å². The molecule has 3 atom stereocenters. The molecule has 2 fully saturated rings. The molecule has 2 heterocycles. The minimum absolute atomic E-state index is 0.0148. The van der Waals surface area contributed by atoms with Crippen molar-refractivity contribution in [2.24, 2.45) is 5.92 Å². The van der Waals surface area contributed by atoms with Crippen molar-refractivity contribution >= 4 is 34.7 Å². The number of hydrogen-bond donors (Lipinski definition) is 3. The van der Waals surface area contributed by atoms with Crippen molar-refractivity contribution in [3.63, 3.8) is 0 Å². The highest BCUT2D eigenvalue weighted by molar-refractivity contribution is 6.20. The highest BCUT2D eigenvalue weighted by atomic mass is 35.5. The van der Waals surface area contributed by atoms with Crippen LogP contribution in [0.3, 0.4) is 0 Å². The molecule has 0 radical (unpaired) electrons. The van der Waals surface area contributed by atoms with Crippen LogP contribution in [0, 0.1) is 17.2 Å². The third-order valence-corrected chi connectivity index (χ3v) is 5.31. The Kier molecular flexibility index (Phi) is 6.04. The Bertz CT molecular complexity index is 1040. The van der Waals surface area contributed by atoms with Gasteiger partial charge in [-0.2, -0.15) is 5.26 Å². The fraction of sp³-hybridized carbons (Fsp3) is 0.381. The Morgan fingerprint density at radius 1 is 1.38 bits per heavy atom. The molecule has 2 aromatic rings. The number of alkyl halides is 3. The molecule has 4 rings (SSSR count). The summed E-state index contributed by atoms with van der Waals surface area (Å²) < 4.78 is 29.7. The Morgan fingerprint density at radius 2 is 2.12 bits per heavy atom. The first-order valence-corrected chi connectivity index (χ1v) is 10.4. The lowest BCUT2D eigenvalue weighted by Crippen LogP contribution is -2.24. The van der Waals surface area contributed by atoms with E-state index < -0.39 is 17.6 Å². The van der Waals surface area contributed by atoms with Gasteiger partial charge in [0.25, 0.3) is 5.91 Å². The maximum absolute atomic E-state index is 12.7. The summed E-state index contributed by atoms with van der Waals surface area (Å²) in [6.45, 7) is 1.08.